The number of benzene rings is 1. The lowest BCUT2D eigenvalue weighted by atomic mass is 9.84. The number of aromatic hydroxyl groups is 1. The van der Waals surface area contributed by atoms with Crippen LogP contribution in [0, 0.1) is 0 Å². The number of phenols is 1. The van der Waals surface area contributed by atoms with Crippen LogP contribution in [0.25, 0.3) is 22.4 Å². The van der Waals surface area contributed by atoms with Crippen LogP contribution in [0.3, 0.4) is 0 Å². The van der Waals surface area contributed by atoms with Gasteiger partial charge < -0.3 is 15.3 Å². The Morgan fingerprint density at radius 1 is 1.06 bits per heavy atom. The first kappa shape index (κ1) is 22.6. The SMILES string of the molecule is CN(c1ccc(-c2ccc(-c3cnn(C(F)(F)F)c3)cc2O)nn1)[C@H]1C[C@]2(C)CC[C@](C)(C1)N2. The third-order valence-corrected chi connectivity index (χ3v) is 7.21. The number of aromatic nitrogens is 4. The van der Waals surface area contributed by atoms with Gasteiger partial charge in [0.05, 0.1) is 11.9 Å². The van der Waals surface area contributed by atoms with Gasteiger partial charge in [0.1, 0.15) is 5.75 Å². The summed E-state index contributed by atoms with van der Waals surface area (Å²) >= 11 is 0. The number of rotatable bonds is 4. The van der Waals surface area contributed by atoms with Crippen LogP contribution >= 0.6 is 0 Å². The maximum Gasteiger partial charge on any atom is 0.504 e. The Morgan fingerprint density at radius 3 is 2.32 bits per heavy atom. The average molecular weight is 473 g/mol. The van der Waals surface area contributed by atoms with E-state index in [4.69, 9.17) is 0 Å². The fourth-order valence-electron chi connectivity index (χ4n) is 5.48. The van der Waals surface area contributed by atoms with Gasteiger partial charge in [-0.05, 0) is 69.4 Å². The van der Waals surface area contributed by atoms with Crippen molar-refractivity contribution < 1.29 is 18.3 Å². The van der Waals surface area contributed by atoms with Gasteiger partial charge in [-0.3, -0.25) is 0 Å². The third kappa shape index (κ3) is 4.11. The Balaban J connectivity index is 1.34. The second kappa shape index (κ2) is 7.69. The van der Waals surface area contributed by atoms with Crippen molar-refractivity contribution >= 4 is 5.82 Å². The Labute approximate surface area is 195 Å². The second-order valence-electron chi connectivity index (χ2n) is 10.1. The minimum absolute atomic E-state index is 0.0669. The highest BCUT2D eigenvalue weighted by atomic mass is 19.4. The number of hydrogen-bond acceptors (Lipinski definition) is 6. The number of fused-ring (bicyclic) bond motifs is 2. The summed E-state index contributed by atoms with van der Waals surface area (Å²) < 4.78 is 38.3. The molecule has 2 fully saturated rings. The summed E-state index contributed by atoms with van der Waals surface area (Å²) in [7, 11) is 2.04. The lowest BCUT2D eigenvalue weighted by Crippen LogP contribution is -2.58. The summed E-state index contributed by atoms with van der Waals surface area (Å²) in [4.78, 5) is 2.18. The third-order valence-electron chi connectivity index (χ3n) is 7.21. The maximum absolute atomic E-state index is 12.8. The van der Waals surface area contributed by atoms with Crippen LogP contribution in [-0.2, 0) is 6.30 Å². The standard InChI is InChI=1S/C24H27F3N6O/c1-22-8-9-23(2,31-22)12-17(11-22)32(3)21-7-6-19(29-30-21)18-5-4-15(10-20(18)34)16-13-28-33(14-16)24(25,26)27/h4-7,10,13-14,17,31,34H,8-9,11-12H2,1-3H3/t17-,22-,23+. The molecule has 3 aromatic rings. The van der Waals surface area contributed by atoms with Gasteiger partial charge >= 0.3 is 6.30 Å². The second-order valence-corrected chi connectivity index (χ2v) is 10.1. The molecule has 2 aromatic heterocycles. The molecule has 2 N–H and O–H groups in total. The molecule has 7 nitrogen and oxygen atoms in total. The molecule has 5 rings (SSSR count). The number of halogens is 3. The number of nitrogens with zero attached hydrogens (tertiary/aromatic N) is 5. The summed E-state index contributed by atoms with van der Waals surface area (Å²) in [6, 6.07) is 8.69. The lowest BCUT2D eigenvalue weighted by Gasteiger charge is -2.45. The molecule has 10 heteroatoms. The Hall–Kier alpha value is -3.14. The summed E-state index contributed by atoms with van der Waals surface area (Å²) in [6.07, 6.45) is 1.82. The number of piperidine rings is 1. The highest BCUT2D eigenvalue weighted by molar-refractivity contribution is 5.74. The predicted molar refractivity (Wildman–Crippen MR) is 122 cm³/mol. The van der Waals surface area contributed by atoms with Crippen molar-refractivity contribution in [3.63, 3.8) is 0 Å². The highest BCUT2D eigenvalue weighted by Gasteiger charge is 2.49. The Bertz CT molecular complexity index is 1190. The van der Waals surface area contributed by atoms with Gasteiger partial charge in [-0.25, -0.2) is 0 Å². The zero-order chi connectivity index (χ0) is 24.3. The van der Waals surface area contributed by atoms with E-state index in [9.17, 15) is 18.3 Å². The van der Waals surface area contributed by atoms with E-state index in [1.165, 1.54) is 18.9 Å². The monoisotopic (exact) mass is 472 g/mol. The zero-order valence-corrected chi connectivity index (χ0v) is 19.3. The summed E-state index contributed by atoms with van der Waals surface area (Å²) in [5.74, 6) is 0.668. The Morgan fingerprint density at radius 2 is 1.76 bits per heavy atom. The molecule has 34 heavy (non-hydrogen) atoms. The smallest absolute Gasteiger partial charge is 0.504 e. The van der Waals surface area contributed by atoms with Gasteiger partial charge in [0, 0.05) is 41.5 Å². The molecule has 2 bridgehead atoms. The molecule has 3 atom stereocenters. The van der Waals surface area contributed by atoms with E-state index < -0.39 is 6.30 Å². The fourth-order valence-corrected chi connectivity index (χ4v) is 5.48. The van der Waals surface area contributed by atoms with Crippen LogP contribution in [0.2, 0.25) is 0 Å². The molecule has 1 aromatic carbocycles. The van der Waals surface area contributed by atoms with Crippen molar-refractivity contribution in [1.29, 1.82) is 0 Å². The van der Waals surface area contributed by atoms with Crippen LogP contribution in [0.4, 0.5) is 19.0 Å². The lowest BCUT2D eigenvalue weighted by molar-refractivity contribution is -0.212. The summed E-state index contributed by atoms with van der Waals surface area (Å²) in [6.45, 7) is 4.57. The van der Waals surface area contributed by atoms with Crippen molar-refractivity contribution in [3.8, 4) is 28.1 Å². The molecule has 0 amide bonds. The van der Waals surface area contributed by atoms with E-state index in [-0.39, 0.29) is 27.1 Å². The first-order chi connectivity index (χ1) is 15.9. The topological polar surface area (TPSA) is 79.1 Å². The maximum atomic E-state index is 12.8. The molecule has 0 saturated carbocycles. The average Bonchev–Trinajstić information content (AvgIpc) is 3.36. The largest absolute Gasteiger partial charge is 0.507 e. The highest BCUT2D eigenvalue weighted by Crippen LogP contribution is 2.44. The first-order valence-electron chi connectivity index (χ1n) is 11.3. The normalized spacial score (nSPS) is 26.6. The molecular formula is C24H27F3N6O. The van der Waals surface area contributed by atoms with Crippen LogP contribution in [0.15, 0.2) is 42.7 Å². The molecule has 2 aliphatic rings. The van der Waals surface area contributed by atoms with Crippen molar-refractivity contribution in [3.05, 3.63) is 42.7 Å². The van der Waals surface area contributed by atoms with Crippen LogP contribution < -0.4 is 10.2 Å². The van der Waals surface area contributed by atoms with Gasteiger partial charge in [-0.2, -0.15) is 9.78 Å². The number of anilines is 1. The van der Waals surface area contributed by atoms with E-state index >= 15 is 0 Å². The molecule has 0 spiro atoms. The quantitative estimate of drug-likeness (QED) is 0.574. The molecule has 2 aliphatic heterocycles. The summed E-state index contributed by atoms with van der Waals surface area (Å²) in [5.41, 5.74) is 1.89. The minimum Gasteiger partial charge on any atom is -0.507 e. The van der Waals surface area contributed by atoms with Crippen molar-refractivity contribution in [2.24, 2.45) is 0 Å². The number of hydrogen-bond donors (Lipinski definition) is 2. The van der Waals surface area contributed by atoms with Crippen molar-refractivity contribution in [2.45, 2.75) is 63.0 Å². The van der Waals surface area contributed by atoms with Crippen molar-refractivity contribution in [1.82, 2.24) is 25.3 Å². The van der Waals surface area contributed by atoms with Crippen LogP contribution in [0.1, 0.15) is 39.5 Å². The number of phenolic OH excluding ortho intramolecular Hbond substituents is 1. The van der Waals surface area contributed by atoms with Crippen LogP contribution in [-0.4, -0.2) is 49.3 Å². The van der Waals surface area contributed by atoms with Gasteiger partial charge in [0.25, 0.3) is 0 Å². The van der Waals surface area contributed by atoms with Crippen LogP contribution in [0.5, 0.6) is 5.75 Å². The summed E-state index contributed by atoms with van der Waals surface area (Å²) in [5, 5.41) is 26.4. The minimum atomic E-state index is -4.59. The molecule has 4 heterocycles. The van der Waals surface area contributed by atoms with E-state index in [0.29, 0.717) is 22.9 Å². The van der Waals surface area contributed by atoms with Gasteiger partial charge in [0.2, 0.25) is 0 Å². The van der Waals surface area contributed by atoms with E-state index in [1.54, 1.807) is 18.2 Å². The molecule has 0 unspecified atom stereocenters. The first-order valence-corrected chi connectivity index (χ1v) is 11.3. The Kier molecular flexibility index (Phi) is 5.12. The van der Waals surface area contributed by atoms with Crippen molar-refractivity contribution in [2.75, 3.05) is 11.9 Å². The van der Waals surface area contributed by atoms with Gasteiger partial charge in [0.15, 0.2) is 5.82 Å². The van der Waals surface area contributed by atoms with E-state index in [1.807, 2.05) is 13.1 Å². The van der Waals surface area contributed by atoms with E-state index in [2.05, 4.69) is 39.4 Å². The number of alkyl halides is 3. The van der Waals surface area contributed by atoms with Gasteiger partial charge in [-0.1, -0.05) is 6.07 Å². The van der Waals surface area contributed by atoms with Gasteiger partial charge in [-0.15, -0.1) is 23.4 Å². The molecule has 180 valence electrons. The van der Waals surface area contributed by atoms with E-state index in [0.717, 1.165) is 31.1 Å². The fraction of sp³-hybridized carbons (Fsp3) is 0.458. The molecular weight excluding hydrogens is 445 g/mol. The number of nitrogens with one attached hydrogen (secondary N) is 1. The molecule has 0 aliphatic carbocycles. The zero-order valence-electron chi connectivity index (χ0n) is 19.3. The molecule has 2 saturated heterocycles. The molecule has 0 radical (unpaired) electrons. The predicted octanol–water partition coefficient (Wildman–Crippen LogP) is 4.69.